The Labute approximate surface area is 156 Å². The number of aryl methyl sites for hydroxylation is 1. The third-order valence-electron chi connectivity index (χ3n) is 4.35. The second-order valence-corrected chi connectivity index (χ2v) is 6.31. The SMILES string of the molecule is Cc1cccc(NC(=O)N2CCN(C(=O)c3ccnc(C(=O)O)c3)CC2)c1. The minimum Gasteiger partial charge on any atom is -0.477 e. The molecule has 140 valence electrons. The van der Waals surface area contributed by atoms with Crippen molar-refractivity contribution in [1.82, 2.24) is 14.8 Å². The molecule has 3 amide bonds. The number of nitrogens with zero attached hydrogens (tertiary/aromatic N) is 3. The number of pyridine rings is 1. The van der Waals surface area contributed by atoms with Gasteiger partial charge in [0.1, 0.15) is 5.69 Å². The second-order valence-electron chi connectivity index (χ2n) is 6.31. The summed E-state index contributed by atoms with van der Waals surface area (Å²) in [6, 6.07) is 10.1. The van der Waals surface area contributed by atoms with Gasteiger partial charge in [-0.05, 0) is 36.8 Å². The van der Waals surface area contributed by atoms with Gasteiger partial charge >= 0.3 is 12.0 Å². The molecule has 27 heavy (non-hydrogen) atoms. The summed E-state index contributed by atoms with van der Waals surface area (Å²) in [7, 11) is 0. The van der Waals surface area contributed by atoms with Gasteiger partial charge in [0.15, 0.2) is 0 Å². The Bertz CT molecular complexity index is 876. The molecular weight excluding hydrogens is 348 g/mol. The Morgan fingerprint density at radius 3 is 2.41 bits per heavy atom. The number of carbonyl (C=O) groups excluding carboxylic acids is 2. The van der Waals surface area contributed by atoms with Crippen molar-refractivity contribution in [2.24, 2.45) is 0 Å². The van der Waals surface area contributed by atoms with Crippen molar-refractivity contribution in [3.05, 3.63) is 59.4 Å². The van der Waals surface area contributed by atoms with E-state index in [1.54, 1.807) is 9.80 Å². The molecule has 0 unspecified atom stereocenters. The van der Waals surface area contributed by atoms with Crippen LogP contribution in [0.25, 0.3) is 0 Å². The number of carbonyl (C=O) groups is 3. The van der Waals surface area contributed by atoms with E-state index in [2.05, 4.69) is 10.3 Å². The molecule has 0 spiro atoms. The van der Waals surface area contributed by atoms with Gasteiger partial charge in [0.25, 0.3) is 5.91 Å². The lowest BCUT2D eigenvalue weighted by molar-refractivity contribution is 0.0671. The van der Waals surface area contributed by atoms with Crippen LogP contribution in [0, 0.1) is 6.92 Å². The molecule has 0 atom stereocenters. The van der Waals surface area contributed by atoms with Crippen molar-refractivity contribution in [2.75, 3.05) is 31.5 Å². The molecule has 2 heterocycles. The molecule has 2 N–H and O–H groups in total. The van der Waals surface area contributed by atoms with E-state index in [4.69, 9.17) is 5.11 Å². The number of hydrogen-bond acceptors (Lipinski definition) is 4. The van der Waals surface area contributed by atoms with Crippen LogP contribution in [0.2, 0.25) is 0 Å². The summed E-state index contributed by atoms with van der Waals surface area (Å²) in [6.45, 7) is 3.52. The van der Waals surface area contributed by atoms with Gasteiger partial charge in [-0.2, -0.15) is 0 Å². The van der Waals surface area contributed by atoms with Crippen molar-refractivity contribution in [3.8, 4) is 0 Å². The summed E-state index contributed by atoms with van der Waals surface area (Å²) in [5.74, 6) is -1.44. The first-order valence-electron chi connectivity index (χ1n) is 8.55. The van der Waals surface area contributed by atoms with E-state index in [-0.39, 0.29) is 23.2 Å². The molecule has 1 aliphatic rings. The summed E-state index contributed by atoms with van der Waals surface area (Å²) >= 11 is 0. The number of amides is 3. The largest absolute Gasteiger partial charge is 0.477 e. The zero-order chi connectivity index (χ0) is 19.4. The Morgan fingerprint density at radius 2 is 1.74 bits per heavy atom. The molecule has 0 radical (unpaired) electrons. The second kappa shape index (κ2) is 7.86. The zero-order valence-corrected chi connectivity index (χ0v) is 14.9. The topological polar surface area (TPSA) is 103 Å². The first kappa shape index (κ1) is 18.4. The molecule has 1 aliphatic heterocycles. The van der Waals surface area contributed by atoms with Gasteiger partial charge in [-0.3, -0.25) is 4.79 Å². The van der Waals surface area contributed by atoms with E-state index >= 15 is 0 Å². The van der Waals surface area contributed by atoms with E-state index in [1.807, 2.05) is 31.2 Å². The Morgan fingerprint density at radius 1 is 1.04 bits per heavy atom. The lowest BCUT2D eigenvalue weighted by Crippen LogP contribution is -2.51. The maximum absolute atomic E-state index is 12.6. The van der Waals surface area contributed by atoms with Crippen LogP contribution < -0.4 is 5.32 Å². The standard InChI is InChI=1S/C19H20N4O4/c1-13-3-2-4-15(11-13)21-19(27)23-9-7-22(8-10-23)17(24)14-5-6-20-16(12-14)18(25)26/h2-6,11-12H,7-10H2,1H3,(H,21,27)(H,25,26). The molecule has 0 aliphatic carbocycles. The average molecular weight is 368 g/mol. The predicted molar refractivity (Wildman–Crippen MR) is 98.9 cm³/mol. The van der Waals surface area contributed by atoms with E-state index in [0.29, 0.717) is 26.2 Å². The molecule has 1 aromatic heterocycles. The highest BCUT2D eigenvalue weighted by Crippen LogP contribution is 2.13. The maximum Gasteiger partial charge on any atom is 0.354 e. The normalized spacial score (nSPS) is 14.0. The van der Waals surface area contributed by atoms with Gasteiger partial charge in [-0.25, -0.2) is 14.6 Å². The third-order valence-corrected chi connectivity index (χ3v) is 4.35. The minimum absolute atomic E-state index is 0.169. The van der Waals surface area contributed by atoms with E-state index < -0.39 is 5.97 Å². The highest BCUT2D eigenvalue weighted by molar-refractivity contribution is 5.97. The molecular formula is C19H20N4O4. The van der Waals surface area contributed by atoms with Crippen molar-refractivity contribution in [1.29, 1.82) is 0 Å². The summed E-state index contributed by atoms with van der Waals surface area (Å²) < 4.78 is 0. The summed E-state index contributed by atoms with van der Waals surface area (Å²) in [6.07, 6.45) is 1.31. The monoisotopic (exact) mass is 368 g/mol. The first-order chi connectivity index (χ1) is 12.9. The number of nitrogens with one attached hydrogen (secondary N) is 1. The quantitative estimate of drug-likeness (QED) is 0.863. The van der Waals surface area contributed by atoms with E-state index in [0.717, 1.165) is 11.3 Å². The van der Waals surface area contributed by atoms with Crippen LogP contribution >= 0.6 is 0 Å². The van der Waals surface area contributed by atoms with Gasteiger partial charge in [0.2, 0.25) is 0 Å². The molecule has 1 aromatic carbocycles. The number of anilines is 1. The number of hydrogen-bond donors (Lipinski definition) is 2. The Kier molecular flexibility index (Phi) is 5.35. The number of piperazine rings is 1. The smallest absolute Gasteiger partial charge is 0.354 e. The summed E-state index contributed by atoms with van der Waals surface area (Å²) in [5.41, 5.74) is 1.90. The molecule has 1 saturated heterocycles. The summed E-state index contributed by atoms with van der Waals surface area (Å²) in [4.78, 5) is 42.9. The molecule has 1 fully saturated rings. The fourth-order valence-electron chi connectivity index (χ4n) is 2.90. The number of carboxylic acids is 1. The van der Waals surface area contributed by atoms with Crippen molar-refractivity contribution in [3.63, 3.8) is 0 Å². The third kappa shape index (κ3) is 4.41. The number of aromatic nitrogens is 1. The molecule has 0 saturated carbocycles. The Balaban J connectivity index is 1.58. The van der Waals surface area contributed by atoms with Crippen LogP contribution in [0.15, 0.2) is 42.6 Å². The first-order valence-corrected chi connectivity index (χ1v) is 8.55. The van der Waals surface area contributed by atoms with Crippen LogP contribution in [-0.4, -0.2) is 64.0 Å². The lowest BCUT2D eigenvalue weighted by Gasteiger charge is -2.34. The van der Waals surface area contributed by atoms with Crippen molar-refractivity contribution in [2.45, 2.75) is 6.92 Å². The molecule has 0 bridgehead atoms. The van der Waals surface area contributed by atoms with Crippen molar-refractivity contribution < 1.29 is 19.5 Å². The predicted octanol–water partition coefficient (Wildman–Crippen LogP) is 2.08. The maximum atomic E-state index is 12.6. The fraction of sp³-hybridized carbons (Fsp3) is 0.263. The number of urea groups is 1. The van der Waals surface area contributed by atoms with E-state index in [1.165, 1.54) is 18.3 Å². The van der Waals surface area contributed by atoms with E-state index in [9.17, 15) is 14.4 Å². The van der Waals surface area contributed by atoms with Crippen LogP contribution in [-0.2, 0) is 0 Å². The fourth-order valence-corrected chi connectivity index (χ4v) is 2.90. The summed E-state index contributed by atoms with van der Waals surface area (Å²) in [5, 5.41) is 11.9. The van der Waals surface area contributed by atoms with Crippen LogP contribution in [0.1, 0.15) is 26.4 Å². The van der Waals surface area contributed by atoms with Crippen LogP contribution in [0.4, 0.5) is 10.5 Å². The molecule has 3 rings (SSSR count). The average Bonchev–Trinajstić information content (AvgIpc) is 2.67. The molecule has 8 heteroatoms. The van der Waals surface area contributed by atoms with Gasteiger partial charge in [-0.1, -0.05) is 12.1 Å². The van der Waals surface area contributed by atoms with Gasteiger partial charge < -0.3 is 20.2 Å². The number of benzene rings is 1. The highest BCUT2D eigenvalue weighted by atomic mass is 16.4. The van der Waals surface area contributed by atoms with Crippen molar-refractivity contribution >= 4 is 23.6 Å². The van der Waals surface area contributed by atoms with Crippen LogP contribution in [0.3, 0.4) is 0 Å². The Hall–Kier alpha value is -3.42. The molecule has 8 nitrogen and oxygen atoms in total. The highest BCUT2D eigenvalue weighted by Gasteiger charge is 2.25. The van der Waals surface area contributed by atoms with Gasteiger partial charge in [-0.15, -0.1) is 0 Å². The zero-order valence-electron chi connectivity index (χ0n) is 14.9. The van der Waals surface area contributed by atoms with Crippen LogP contribution in [0.5, 0.6) is 0 Å². The van der Waals surface area contributed by atoms with Gasteiger partial charge in [0, 0.05) is 43.6 Å². The lowest BCUT2D eigenvalue weighted by atomic mass is 10.2. The number of rotatable bonds is 3. The number of aromatic carboxylic acids is 1. The minimum atomic E-state index is -1.18. The number of carboxylic acid groups (broad SMARTS) is 1. The van der Waals surface area contributed by atoms with Gasteiger partial charge in [0.05, 0.1) is 0 Å². The molecule has 2 aromatic rings.